The second kappa shape index (κ2) is 9.69. The van der Waals surface area contributed by atoms with Crippen molar-refractivity contribution < 1.29 is 14.4 Å². The van der Waals surface area contributed by atoms with E-state index in [4.69, 9.17) is 34.8 Å². The van der Waals surface area contributed by atoms with E-state index in [1.165, 1.54) is 24.3 Å². The molecule has 1 fully saturated rings. The van der Waals surface area contributed by atoms with Gasteiger partial charge in [-0.1, -0.05) is 81.1 Å². The Hall–Kier alpha value is -2.64. The molecule has 5 nitrogen and oxygen atoms in total. The summed E-state index contributed by atoms with van der Waals surface area (Å²) in [6, 6.07) is 16.5. The minimum absolute atomic E-state index is 0.171. The summed E-state index contributed by atoms with van der Waals surface area (Å²) in [5, 5.41) is 3.10. The zero-order chi connectivity index (χ0) is 23.7. The molecule has 9 heteroatoms. The molecule has 4 rings (SSSR count). The average Bonchev–Trinajstić information content (AvgIpc) is 2.76. The number of urea groups is 1. The summed E-state index contributed by atoms with van der Waals surface area (Å²) in [5.74, 6) is -1.58. The van der Waals surface area contributed by atoms with Gasteiger partial charge in [-0.15, -0.1) is 0 Å². The predicted octanol–water partition coefficient (Wildman–Crippen LogP) is 6.67. The fourth-order valence-electron chi connectivity index (χ4n) is 3.33. The summed E-state index contributed by atoms with van der Waals surface area (Å²) in [4.78, 5) is 38.6. The summed E-state index contributed by atoms with van der Waals surface area (Å²) >= 11 is 22.0. The number of barbiturate groups is 1. The third kappa shape index (κ3) is 4.99. The summed E-state index contributed by atoms with van der Waals surface area (Å²) in [6.45, 7) is 0. The number of hydrogen-bond donors (Lipinski definition) is 1. The second-order valence-corrected chi connectivity index (χ2v) is 9.25. The molecule has 0 radical (unpaired) electrons. The van der Waals surface area contributed by atoms with E-state index in [-0.39, 0.29) is 21.3 Å². The van der Waals surface area contributed by atoms with Crippen LogP contribution in [0.15, 0.2) is 70.7 Å². The van der Waals surface area contributed by atoms with Crippen LogP contribution in [0.25, 0.3) is 6.08 Å². The van der Waals surface area contributed by atoms with Crippen LogP contribution in [-0.2, 0) is 16.0 Å². The molecule has 3 aromatic rings. The summed E-state index contributed by atoms with van der Waals surface area (Å²) < 4.78 is 0.976. The molecule has 0 saturated carbocycles. The van der Waals surface area contributed by atoms with Gasteiger partial charge in [0, 0.05) is 15.9 Å². The highest BCUT2D eigenvalue weighted by Gasteiger charge is 2.37. The van der Waals surface area contributed by atoms with Crippen molar-refractivity contribution in [1.82, 2.24) is 5.32 Å². The van der Waals surface area contributed by atoms with Gasteiger partial charge >= 0.3 is 6.03 Å². The van der Waals surface area contributed by atoms with E-state index in [1.54, 1.807) is 12.1 Å². The third-order valence-electron chi connectivity index (χ3n) is 4.99. The lowest BCUT2D eigenvalue weighted by molar-refractivity contribution is -0.122. The quantitative estimate of drug-likeness (QED) is 0.285. The van der Waals surface area contributed by atoms with Crippen LogP contribution in [0.4, 0.5) is 10.5 Å². The highest BCUT2D eigenvalue weighted by Crippen LogP contribution is 2.30. The molecule has 4 amide bonds. The summed E-state index contributed by atoms with van der Waals surface area (Å²) in [6.07, 6.45) is 2.00. The first-order valence-electron chi connectivity index (χ1n) is 9.63. The lowest BCUT2D eigenvalue weighted by Gasteiger charge is -2.26. The van der Waals surface area contributed by atoms with Crippen molar-refractivity contribution >= 4 is 80.3 Å². The maximum absolute atomic E-state index is 13.0. The van der Waals surface area contributed by atoms with Crippen LogP contribution in [0, 0.1) is 0 Å². The number of carbonyl (C=O) groups is 3. The molecule has 0 atom stereocenters. The van der Waals surface area contributed by atoms with E-state index >= 15 is 0 Å². The van der Waals surface area contributed by atoms with Crippen LogP contribution in [-0.4, -0.2) is 17.8 Å². The molecule has 1 aliphatic heterocycles. The van der Waals surface area contributed by atoms with E-state index in [0.29, 0.717) is 17.0 Å². The first kappa shape index (κ1) is 23.5. The highest BCUT2D eigenvalue weighted by atomic mass is 79.9. The molecule has 0 bridgehead atoms. The Kier molecular flexibility index (Phi) is 6.91. The standard InChI is InChI=1S/C24H14BrCl3N2O3/c25-18-4-2-1-3-14(18)11-15-6-5-13(10-20(15)27)9-17-22(31)29-24(33)30(23(17)32)16-7-8-19(26)21(28)12-16/h1-10,12H,11H2,(H,29,31,33)/b17-9+. The fourth-order valence-corrected chi connectivity index (χ4v) is 4.30. The van der Waals surface area contributed by atoms with Crippen molar-refractivity contribution in [2.45, 2.75) is 6.42 Å². The number of carbonyl (C=O) groups excluding carboxylic acids is 3. The number of anilines is 1. The van der Waals surface area contributed by atoms with Crippen LogP contribution in [0.3, 0.4) is 0 Å². The zero-order valence-electron chi connectivity index (χ0n) is 16.7. The maximum atomic E-state index is 13.0. The zero-order valence-corrected chi connectivity index (χ0v) is 20.6. The number of halogens is 4. The minimum atomic E-state index is -0.873. The smallest absolute Gasteiger partial charge is 0.273 e. The molecule has 1 aliphatic rings. The second-order valence-electron chi connectivity index (χ2n) is 7.18. The molecule has 1 heterocycles. The van der Waals surface area contributed by atoms with Gasteiger partial charge in [-0.2, -0.15) is 0 Å². The van der Waals surface area contributed by atoms with Crippen molar-refractivity contribution in [3.63, 3.8) is 0 Å². The Morgan fingerprint density at radius 3 is 2.30 bits per heavy atom. The predicted molar refractivity (Wildman–Crippen MR) is 134 cm³/mol. The van der Waals surface area contributed by atoms with Gasteiger partial charge in [-0.3, -0.25) is 14.9 Å². The van der Waals surface area contributed by atoms with Crippen LogP contribution < -0.4 is 10.2 Å². The van der Waals surface area contributed by atoms with Crippen LogP contribution in [0.5, 0.6) is 0 Å². The third-order valence-corrected chi connectivity index (χ3v) is 6.85. The van der Waals surface area contributed by atoms with Gasteiger partial charge in [-0.05, 0) is 53.1 Å². The molecular formula is C24H14BrCl3N2O3. The summed E-state index contributed by atoms with van der Waals surface area (Å²) in [7, 11) is 0. The fraction of sp³-hybridized carbons (Fsp3) is 0.0417. The number of imide groups is 2. The lowest BCUT2D eigenvalue weighted by atomic mass is 10.0. The number of benzene rings is 3. The Labute approximate surface area is 213 Å². The van der Waals surface area contributed by atoms with Crippen molar-refractivity contribution in [2.75, 3.05) is 4.90 Å². The molecule has 33 heavy (non-hydrogen) atoms. The van der Waals surface area contributed by atoms with E-state index < -0.39 is 17.8 Å². The topological polar surface area (TPSA) is 66.5 Å². The van der Waals surface area contributed by atoms with Crippen LogP contribution >= 0.6 is 50.7 Å². The Bertz CT molecular complexity index is 1340. The van der Waals surface area contributed by atoms with E-state index in [2.05, 4.69) is 21.2 Å². The van der Waals surface area contributed by atoms with Gasteiger partial charge < -0.3 is 0 Å². The molecule has 166 valence electrons. The molecular weight excluding hydrogens is 551 g/mol. The molecule has 1 saturated heterocycles. The molecule has 0 aliphatic carbocycles. The van der Waals surface area contributed by atoms with Gasteiger partial charge in [-0.25, -0.2) is 9.69 Å². The average molecular weight is 565 g/mol. The normalized spacial score (nSPS) is 15.2. The minimum Gasteiger partial charge on any atom is -0.273 e. The number of nitrogens with zero attached hydrogens (tertiary/aromatic N) is 1. The van der Waals surface area contributed by atoms with E-state index in [0.717, 1.165) is 20.5 Å². The van der Waals surface area contributed by atoms with Gasteiger partial charge in [0.2, 0.25) is 0 Å². The number of hydrogen-bond acceptors (Lipinski definition) is 3. The van der Waals surface area contributed by atoms with Gasteiger partial charge in [0.15, 0.2) is 0 Å². The van der Waals surface area contributed by atoms with Crippen LogP contribution in [0.1, 0.15) is 16.7 Å². The molecule has 3 aromatic carbocycles. The van der Waals surface area contributed by atoms with Crippen molar-refractivity contribution in [1.29, 1.82) is 0 Å². The molecule has 0 spiro atoms. The first-order valence-corrected chi connectivity index (χ1v) is 11.6. The molecule has 0 unspecified atom stereocenters. The van der Waals surface area contributed by atoms with Gasteiger partial charge in [0.25, 0.3) is 11.8 Å². The Balaban J connectivity index is 1.64. The number of nitrogens with one attached hydrogen (secondary N) is 1. The van der Waals surface area contributed by atoms with Gasteiger partial charge in [0.05, 0.1) is 15.7 Å². The molecule has 0 aromatic heterocycles. The summed E-state index contributed by atoms with van der Waals surface area (Å²) in [5.41, 5.74) is 2.47. The molecule has 1 N–H and O–H groups in total. The number of amides is 4. The van der Waals surface area contributed by atoms with Crippen molar-refractivity contribution in [3.05, 3.63) is 102 Å². The first-order chi connectivity index (χ1) is 15.7. The van der Waals surface area contributed by atoms with E-state index in [1.807, 2.05) is 30.3 Å². The van der Waals surface area contributed by atoms with E-state index in [9.17, 15) is 14.4 Å². The highest BCUT2D eigenvalue weighted by molar-refractivity contribution is 9.10. The van der Waals surface area contributed by atoms with Crippen molar-refractivity contribution in [2.24, 2.45) is 0 Å². The Morgan fingerprint density at radius 1 is 0.848 bits per heavy atom. The van der Waals surface area contributed by atoms with Crippen molar-refractivity contribution in [3.8, 4) is 0 Å². The monoisotopic (exact) mass is 562 g/mol. The maximum Gasteiger partial charge on any atom is 0.335 e. The Morgan fingerprint density at radius 2 is 1.61 bits per heavy atom. The largest absolute Gasteiger partial charge is 0.335 e. The number of rotatable bonds is 4. The van der Waals surface area contributed by atoms with Gasteiger partial charge in [0.1, 0.15) is 5.57 Å². The SMILES string of the molecule is O=C1NC(=O)N(c2ccc(Cl)c(Cl)c2)C(=O)/C1=C/c1ccc(Cc2ccccc2Br)c(Cl)c1. The lowest BCUT2D eigenvalue weighted by Crippen LogP contribution is -2.54. The van der Waals surface area contributed by atoms with Crippen LogP contribution in [0.2, 0.25) is 15.1 Å².